The second kappa shape index (κ2) is 14.6. The molecule has 0 aromatic heterocycles. The van der Waals surface area contributed by atoms with E-state index in [1.165, 1.54) is 52.9 Å². The van der Waals surface area contributed by atoms with Gasteiger partial charge in [0.05, 0.1) is 41.2 Å². The molecule has 0 aliphatic rings. The Morgan fingerprint density at radius 3 is 2.08 bits per heavy atom. The molecule has 0 aliphatic carbocycles. The zero-order chi connectivity index (χ0) is 28.9. The third-order valence-electron chi connectivity index (χ3n) is 5.35. The van der Waals surface area contributed by atoms with Gasteiger partial charge in [0.25, 0.3) is 11.8 Å². The maximum Gasteiger partial charge on any atom is 0.336 e. The molecule has 3 aromatic rings. The van der Waals surface area contributed by atoms with Gasteiger partial charge in [0.1, 0.15) is 0 Å². The van der Waals surface area contributed by atoms with Crippen LogP contribution in [-0.2, 0) is 9.59 Å². The van der Waals surface area contributed by atoms with Gasteiger partial charge in [-0.15, -0.1) is 0 Å². The molecule has 0 aliphatic heterocycles. The molecule has 208 valence electrons. The molecule has 11 heteroatoms. The first-order valence-corrected chi connectivity index (χ1v) is 11.9. The number of amides is 2. The fourth-order valence-electron chi connectivity index (χ4n) is 3.41. The molecular formula is C29H29N3O8. The van der Waals surface area contributed by atoms with E-state index in [4.69, 9.17) is 23.7 Å². The van der Waals surface area contributed by atoms with Crippen LogP contribution in [0.2, 0.25) is 0 Å². The standard InChI is InChI=1S/C29H29N3O8/c1-36-23-14-20(10-12-22(23)40-27(34)13-11-19-8-6-5-7-9-19)17-31-32-26(33)18-30-29(35)21-15-24(37-2)28(39-4)25(16-21)38-3/h5-17H,18H2,1-4H3,(H,30,35)(H,32,33)/b13-11+,31-17+. The third kappa shape index (κ3) is 8.09. The zero-order valence-electron chi connectivity index (χ0n) is 22.4. The molecule has 0 fully saturated rings. The van der Waals surface area contributed by atoms with Crippen molar-refractivity contribution in [3.63, 3.8) is 0 Å². The van der Waals surface area contributed by atoms with Crippen molar-refractivity contribution in [3.05, 3.63) is 83.4 Å². The summed E-state index contributed by atoms with van der Waals surface area (Å²) < 4.78 is 26.4. The SMILES string of the molecule is COc1cc(/C=N/NC(=O)CNC(=O)c2cc(OC)c(OC)c(OC)c2)ccc1OC(=O)/C=C/c1ccccc1. The molecule has 0 heterocycles. The van der Waals surface area contributed by atoms with Gasteiger partial charge in [0, 0.05) is 11.6 Å². The van der Waals surface area contributed by atoms with Crippen molar-refractivity contribution in [1.29, 1.82) is 0 Å². The topological polar surface area (TPSA) is 134 Å². The fraction of sp³-hybridized carbons (Fsp3) is 0.172. The highest BCUT2D eigenvalue weighted by molar-refractivity contribution is 5.97. The lowest BCUT2D eigenvalue weighted by atomic mass is 10.1. The largest absolute Gasteiger partial charge is 0.493 e. The third-order valence-corrected chi connectivity index (χ3v) is 5.35. The Morgan fingerprint density at radius 1 is 0.775 bits per heavy atom. The number of esters is 1. The summed E-state index contributed by atoms with van der Waals surface area (Å²) >= 11 is 0. The second-order valence-electron chi connectivity index (χ2n) is 7.97. The van der Waals surface area contributed by atoms with Crippen LogP contribution in [0.4, 0.5) is 0 Å². The summed E-state index contributed by atoms with van der Waals surface area (Å²) in [6.07, 6.45) is 4.34. The summed E-state index contributed by atoms with van der Waals surface area (Å²) in [5.41, 5.74) is 3.98. The highest BCUT2D eigenvalue weighted by atomic mass is 16.6. The molecular weight excluding hydrogens is 518 g/mol. The predicted molar refractivity (Wildman–Crippen MR) is 148 cm³/mol. The van der Waals surface area contributed by atoms with Gasteiger partial charge >= 0.3 is 5.97 Å². The van der Waals surface area contributed by atoms with Crippen LogP contribution >= 0.6 is 0 Å². The molecule has 0 radical (unpaired) electrons. The summed E-state index contributed by atoms with van der Waals surface area (Å²) in [5, 5.41) is 6.39. The van der Waals surface area contributed by atoms with E-state index in [0.29, 0.717) is 28.6 Å². The van der Waals surface area contributed by atoms with Gasteiger partial charge < -0.3 is 29.0 Å². The number of nitrogens with one attached hydrogen (secondary N) is 2. The van der Waals surface area contributed by atoms with E-state index in [-0.39, 0.29) is 17.9 Å². The average molecular weight is 548 g/mol. The maximum atomic E-state index is 12.5. The Morgan fingerprint density at radius 2 is 1.45 bits per heavy atom. The van der Waals surface area contributed by atoms with E-state index in [1.54, 1.807) is 24.3 Å². The van der Waals surface area contributed by atoms with Crippen LogP contribution in [0.15, 0.2) is 71.8 Å². The molecule has 0 saturated heterocycles. The van der Waals surface area contributed by atoms with Crippen LogP contribution in [-0.4, -0.2) is 59.0 Å². The second-order valence-corrected chi connectivity index (χ2v) is 7.97. The van der Waals surface area contributed by atoms with Crippen molar-refractivity contribution >= 4 is 30.1 Å². The van der Waals surface area contributed by atoms with Gasteiger partial charge in [0.2, 0.25) is 5.75 Å². The smallest absolute Gasteiger partial charge is 0.336 e. The molecule has 40 heavy (non-hydrogen) atoms. The number of hydrogen-bond donors (Lipinski definition) is 2. The maximum absolute atomic E-state index is 12.5. The Balaban J connectivity index is 1.54. The number of benzene rings is 3. The van der Waals surface area contributed by atoms with Gasteiger partial charge in [-0.05, 0) is 47.5 Å². The van der Waals surface area contributed by atoms with Crippen molar-refractivity contribution in [3.8, 4) is 28.7 Å². The van der Waals surface area contributed by atoms with Crippen LogP contribution in [0, 0.1) is 0 Å². The number of nitrogens with zero attached hydrogens (tertiary/aromatic N) is 1. The van der Waals surface area contributed by atoms with Gasteiger partial charge in [-0.3, -0.25) is 9.59 Å². The van der Waals surface area contributed by atoms with Crippen LogP contribution in [0.25, 0.3) is 6.08 Å². The molecule has 11 nitrogen and oxygen atoms in total. The number of hydrazone groups is 1. The minimum Gasteiger partial charge on any atom is -0.493 e. The fourth-order valence-corrected chi connectivity index (χ4v) is 3.41. The molecule has 0 atom stereocenters. The Hall–Kier alpha value is -5.32. The van der Waals surface area contributed by atoms with E-state index in [9.17, 15) is 14.4 Å². The van der Waals surface area contributed by atoms with E-state index >= 15 is 0 Å². The number of hydrogen-bond acceptors (Lipinski definition) is 9. The van der Waals surface area contributed by atoms with E-state index in [1.807, 2.05) is 30.3 Å². The van der Waals surface area contributed by atoms with Crippen molar-refractivity contribution in [2.24, 2.45) is 5.10 Å². The first kappa shape index (κ1) is 29.2. The molecule has 0 unspecified atom stereocenters. The Bertz CT molecular complexity index is 1380. The highest BCUT2D eigenvalue weighted by Gasteiger charge is 2.17. The first-order chi connectivity index (χ1) is 19.4. The van der Waals surface area contributed by atoms with Crippen molar-refractivity contribution in [2.45, 2.75) is 0 Å². The number of carbonyl (C=O) groups excluding carboxylic acids is 3. The number of carbonyl (C=O) groups is 3. The lowest BCUT2D eigenvalue weighted by molar-refractivity contribution is -0.129. The summed E-state index contributed by atoms with van der Waals surface area (Å²) in [7, 11) is 5.76. The van der Waals surface area contributed by atoms with Gasteiger partial charge in [-0.2, -0.15) is 5.10 Å². The molecule has 0 bridgehead atoms. The summed E-state index contributed by atoms with van der Waals surface area (Å²) in [4.78, 5) is 36.9. The van der Waals surface area contributed by atoms with Crippen molar-refractivity contribution < 1.29 is 38.1 Å². The van der Waals surface area contributed by atoms with E-state index < -0.39 is 17.8 Å². The first-order valence-electron chi connectivity index (χ1n) is 11.9. The highest BCUT2D eigenvalue weighted by Crippen LogP contribution is 2.38. The normalized spacial score (nSPS) is 10.7. The number of rotatable bonds is 12. The van der Waals surface area contributed by atoms with Crippen molar-refractivity contribution in [1.82, 2.24) is 10.7 Å². The summed E-state index contributed by atoms with van der Waals surface area (Å²) in [6, 6.07) is 17.1. The minimum absolute atomic E-state index is 0.217. The van der Waals surface area contributed by atoms with Crippen LogP contribution < -0.4 is 34.4 Å². The van der Waals surface area contributed by atoms with Crippen LogP contribution in [0.3, 0.4) is 0 Å². The van der Waals surface area contributed by atoms with Gasteiger partial charge in [-0.1, -0.05) is 30.3 Å². The average Bonchev–Trinajstić information content (AvgIpc) is 2.99. The zero-order valence-corrected chi connectivity index (χ0v) is 22.4. The van der Waals surface area contributed by atoms with Crippen LogP contribution in [0.1, 0.15) is 21.5 Å². The Kier molecular flexibility index (Phi) is 10.7. The lowest BCUT2D eigenvalue weighted by Gasteiger charge is -2.14. The van der Waals surface area contributed by atoms with Gasteiger partial charge in [0.15, 0.2) is 23.0 Å². The quantitative estimate of drug-likeness (QED) is 0.116. The molecule has 0 spiro atoms. The summed E-state index contributed by atoms with van der Waals surface area (Å²) in [5.74, 6) is -0.163. The minimum atomic E-state index is -0.565. The Labute approximate surface area is 231 Å². The lowest BCUT2D eigenvalue weighted by Crippen LogP contribution is -2.34. The van der Waals surface area contributed by atoms with Gasteiger partial charge in [-0.25, -0.2) is 10.2 Å². The number of methoxy groups -OCH3 is 4. The molecule has 2 amide bonds. The van der Waals surface area contributed by atoms with E-state index in [2.05, 4.69) is 15.8 Å². The number of ether oxygens (including phenoxy) is 5. The predicted octanol–water partition coefficient (Wildman–Crippen LogP) is 3.22. The molecule has 2 N–H and O–H groups in total. The van der Waals surface area contributed by atoms with E-state index in [0.717, 1.165) is 5.56 Å². The monoisotopic (exact) mass is 547 g/mol. The van der Waals surface area contributed by atoms with Crippen LogP contribution in [0.5, 0.6) is 28.7 Å². The van der Waals surface area contributed by atoms with Crippen molar-refractivity contribution in [2.75, 3.05) is 35.0 Å². The molecule has 3 aromatic carbocycles. The molecule has 3 rings (SSSR count). The summed E-state index contributed by atoms with van der Waals surface area (Å²) in [6.45, 7) is -0.332. The molecule has 0 saturated carbocycles.